The molecule has 6 heteroatoms. The minimum Gasteiger partial charge on any atom is -0.377 e. The van der Waals surface area contributed by atoms with Gasteiger partial charge in [0.15, 0.2) is 0 Å². The van der Waals surface area contributed by atoms with E-state index in [-0.39, 0.29) is 40.2 Å². The van der Waals surface area contributed by atoms with Crippen LogP contribution in [0.3, 0.4) is 0 Å². The average Bonchev–Trinajstić information content (AvgIpc) is 1.42. The second-order valence-corrected chi connectivity index (χ2v) is 21.1. The van der Waals surface area contributed by atoms with E-state index in [4.69, 9.17) is 13.2 Å². The van der Waals surface area contributed by atoms with Gasteiger partial charge in [0, 0.05) is 28.3 Å². The fourth-order valence-electron chi connectivity index (χ4n) is 11.6. The first kappa shape index (κ1) is 37.9. The average molecular weight is 994 g/mol. The van der Waals surface area contributed by atoms with Crippen LogP contribution in [0, 0.1) is 47.9 Å². The summed E-state index contributed by atoms with van der Waals surface area (Å²) in [7, 11) is 0. The Hall–Kier alpha value is -8.74. The van der Waals surface area contributed by atoms with Gasteiger partial charge in [-0.15, -0.1) is 0 Å². The minimum absolute atomic E-state index is 0.126. The van der Waals surface area contributed by atoms with Crippen LogP contribution in [0.4, 0.5) is 11.4 Å². The van der Waals surface area contributed by atoms with E-state index >= 15 is 0 Å². The molecule has 0 saturated carbocycles. The topological polar surface area (TPSA) is 29.9 Å². The number of aryl methyl sites for hydroxylation is 6. The molecule has 0 saturated heterocycles. The van der Waals surface area contributed by atoms with Gasteiger partial charge in [0.1, 0.15) is 5.82 Å². The van der Waals surface area contributed by atoms with Crippen LogP contribution in [0.1, 0.15) is 73.4 Å². The normalized spacial score (nSPS) is 13.6. The third kappa shape index (κ3) is 8.48. The van der Waals surface area contributed by atoms with Crippen LogP contribution >= 0.6 is 0 Å². The minimum atomic E-state index is -0.565. The lowest BCUT2D eigenvalue weighted by atomic mass is 9.44. The van der Waals surface area contributed by atoms with E-state index in [0.717, 1.165) is 88.9 Å². The quantitative estimate of drug-likeness (QED) is 0.0776. The van der Waals surface area contributed by atoms with Crippen molar-refractivity contribution < 1.29 is 18.3 Å². The molecule has 3 heterocycles. The van der Waals surface area contributed by atoms with Gasteiger partial charge in [0.05, 0.1) is 47.1 Å². The third-order valence-electron chi connectivity index (χ3n) is 14.8. The van der Waals surface area contributed by atoms with E-state index in [0.29, 0.717) is 16.7 Å². The molecule has 9 aromatic carbocycles. The number of pyridine rings is 1. The summed E-state index contributed by atoms with van der Waals surface area (Å²) in [6.07, 6.45) is 5.53. The van der Waals surface area contributed by atoms with Crippen LogP contribution in [0.5, 0.6) is 0 Å². The predicted octanol–water partition coefficient (Wildman–Crippen LogP) is 15.6. The Labute approximate surface area is 462 Å². The molecule has 76 heavy (non-hydrogen) atoms. The summed E-state index contributed by atoms with van der Waals surface area (Å²) in [5.74, 6) is 0.813. The number of hydrogen-bond donors (Lipinski definition) is 0. The highest BCUT2D eigenvalue weighted by Gasteiger charge is 2.36. The molecule has 12 aromatic rings. The van der Waals surface area contributed by atoms with E-state index < -0.39 is 60.4 Å². The number of benzene rings is 9. The Bertz CT molecular complexity index is 4560. The van der Waals surface area contributed by atoms with Gasteiger partial charge in [-0.25, -0.2) is 4.98 Å². The molecule has 12 rings (SSSR count). The molecule has 0 aliphatic heterocycles. The molecule has 0 aliphatic carbocycles. The summed E-state index contributed by atoms with van der Waals surface area (Å²) in [4.78, 5) is 7.50. The highest BCUT2D eigenvalue weighted by atomic mass is 15.2. The summed E-state index contributed by atoms with van der Waals surface area (Å²) in [6.45, 7) is 19.3. The zero-order valence-corrected chi connectivity index (χ0v) is 44.2. The number of nitrogens with zero attached hydrogens (tertiary/aromatic N) is 5. The van der Waals surface area contributed by atoms with Gasteiger partial charge >= 0.3 is 6.85 Å². The highest BCUT2D eigenvalue weighted by molar-refractivity contribution is 6.90. The van der Waals surface area contributed by atoms with Crippen molar-refractivity contribution in [2.24, 2.45) is 0 Å². The fraction of sp³-hybridized carbons (Fsp3) is 0.143. The first-order valence-electron chi connectivity index (χ1n) is 30.7. The van der Waals surface area contributed by atoms with Crippen molar-refractivity contribution in [1.82, 2.24) is 14.1 Å². The smallest absolute Gasteiger partial charge is 0.329 e. The van der Waals surface area contributed by atoms with Crippen molar-refractivity contribution in [2.45, 2.75) is 67.7 Å². The largest absolute Gasteiger partial charge is 0.377 e. The maximum Gasteiger partial charge on any atom is 0.329 e. The number of anilines is 2. The first-order chi connectivity index (χ1) is 41.0. The molecule has 0 N–H and O–H groups in total. The molecule has 0 amide bonds. The number of rotatable bonds is 10. The Kier molecular flexibility index (Phi) is 9.58. The Morgan fingerprint density at radius 1 is 0.539 bits per heavy atom. The number of imidazole rings is 1. The zero-order valence-electron chi connectivity index (χ0n) is 54.2. The number of fused-ring (bicyclic) bond motifs is 4. The third-order valence-corrected chi connectivity index (χ3v) is 14.8. The molecule has 3 aromatic heterocycles. The van der Waals surface area contributed by atoms with Gasteiger partial charge in [-0.3, -0.25) is 13.7 Å². The van der Waals surface area contributed by atoms with E-state index in [2.05, 4.69) is 169 Å². The van der Waals surface area contributed by atoms with Crippen molar-refractivity contribution >= 4 is 62.0 Å². The van der Waals surface area contributed by atoms with Crippen molar-refractivity contribution in [3.05, 3.63) is 257 Å². The Morgan fingerprint density at radius 2 is 1.09 bits per heavy atom. The lowest BCUT2D eigenvalue weighted by Gasteiger charge is -2.36. The molecule has 0 atom stereocenters. The molecule has 5 nitrogen and oxygen atoms in total. The SMILES string of the molecule is [2H]c1c([2H])c([2H])c(-c2cccc(-c3c([2H])c([2H])c([2H])c([2H])c3[2H])c2-[n+]2[c-]n(-c3cccc(N(B(c4c(C)cc(C)cc4C)c4c(C)cc(C)cc4C)c4ccc5c6ccccc6n(-c6cc(C(C)(C)C)ccn6)c5c4)c3)c3ccccc32)c([2H])c1[2H]. The van der Waals surface area contributed by atoms with Crippen LogP contribution in [0.15, 0.2) is 212 Å². The molecule has 0 spiro atoms. The molecular formula is C70H62BN5. The molecule has 0 unspecified atom stereocenters. The molecule has 0 aliphatic rings. The summed E-state index contributed by atoms with van der Waals surface area (Å²) < 4.78 is 95.0. The maximum absolute atomic E-state index is 9.25. The van der Waals surface area contributed by atoms with Crippen molar-refractivity contribution in [3.63, 3.8) is 0 Å². The molecule has 0 bridgehead atoms. The zero-order chi connectivity index (χ0) is 61.1. The number of para-hydroxylation sites is 4. The van der Waals surface area contributed by atoms with Crippen molar-refractivity contribution in [1.29, 1.82) is 0 Å². The van der Waals surface area contributed by atoms with Gasteiger partial charge in [0.25, 0.3) is 6.33 Å². The van der Waals surface area contributed by atoms with E-state index in [1.807, 2.05) is 47.2 Å². The Balaban J connectivity index is 1.17. The molecule has 0 radical (unpaired) electrons. The van der Waals surface area contributed by atoms with Crippen LogP contribution in [0.2, 0.25) is 0 Å². The van der Waals surface area contributed by atoms with Crippen molar-refractivity contribution in [3.8, 4) is 39.4 Å². The molecule has 0 fully saturated rings. The first-order valence-corrected chi connectivity index (χ1v) is 25.7. The summed E-state index contributed by atoms with van der Waals surface area (Å²) in [5, 5.41) is 2.18. The van der Waals surface area contributed by atoms with Crippen LogP contribution in [0.25, 0.3) is 72.3 Å². The summed E-state index contributed by atoms with van der Waals surface area (Å²) >= 11 is 0. The fourth-order valence-corrected chi connectivity index (χ4v) is 11.6. The van der Waals surface area contributed by atoms with Gasteiger partial charge in [-0.05, 0) is 134 Å². The number of hydrogen-bond acceptors (Lipinski definition) is 2. The van der Waals surface area contributed by atoms with Gasteiger partial charge in [0.2, 0.25) is 0 Å². The second kappa shape index (κ2) is 19.2. The molecule has 370 valence electrons. The standard InChI is InChI=1S/C70H62BN5/c1-46-38-48(3)67(49(4)39-46)71(68-50(5)40-47(2)41-51(68)6)76(57-34-35-61-60-28-16-17-31-62(60)75(65(61)44-57)66-42-54(36-37-72-66)70(7,8)9)56-27-20-26-55(43-56)73-45-74(64-33-19-18-32-63(64)73)69-58(52-22-12-10-13-23-52)29-21-30-59(69)53-24-14-11-15-25-53/h10-44H,1-9H3/i10D,11D,12D,13D,14D,15D,22D,23D,24D,25D. The van der Waals surface area contributed by atoms with E-state index in [1.54, 1.807) is 22.8 Å². The monoisotopic (exact) mass is 994 g/mol. The van der Waals surface area contributed by atoms with E-state index in [9.17, 15) is 5.48 Å². The van der Waals surface area contributed by atoms with Crippen LogP contribution < -0.4 is 20.3 Å². The number of aromatic nitrogens is 4. The van der Waals surface area contributed by atoms with E-state index in [1.165, 1.54) is 0 Å². The van der Waals surface area contributed by atoms with Gasteiger partial charge in [-0.1, -0.05) is 212 Å². The summed E-state index contributed by atoms with van der Waals surface area (Å²) in [6, 6.07) is 44.1. The van der Waals surface area contributed by atoms with Crippen molar-refractivity contribution in [2.75, 3.05) is 4.81 Å². The molecular weight excluding hydrogens is 922 g/mol. The van der Waals surface area contributed by atoms with Crippen LogP contribution in [-0.2, 0) is 5.41 Å². The van der Waals surface area contributed by atoms with Crippen LogP contribution in [-0.4, -0.2) is 21.0 Å². The lowest BCUT2D eigenvalue weighted by molar-refractivity contribution is -0.571. The Morgan fingerprint density at radius 3 is 1.71 bits per heavy atom. The second-order valence-electron chi connectivity index (χ2n) is 21.1. The highest BCUT2D eigenvalue weighted by Crippen LogP contribution is 2.39. The van der Waals surface area contributed by atoms with Gasteiger partial charge in [-0.2, -0.15) is 0 Å². The van der Waals surface area contributed by atoms with Gasteiger partial charge < -0.3 is 4.81 Å². The predicted molar refractivity (Wildman–Crippen MR) is 320 cm³/mol. The summed E-state index contributed by atoms with van der Waals surface area (Å²) in [5.41, 5.74) is 16.2. The lowest BCUT2D eigenvalue weighted by Crippen LogP contribution is -2.58. The maximum atomic E-state index is 9.25.